The van der Waals surface area contributed by atoms with Crippen LogP contribution in [0.5, 0.6) is 0 Å². The Morgan fingerprint density at radius 1 is 1.64 bits per heavy atom. The maximum Gasteiger partial charge on any atom is 0.0791 e. The van der Waals surface area contributed by atoms with Crippen molar-refractivity contribution < 1.29 is 9.84 Å². The minimum Gasteiger partial charge on any atom is -0.390 e. The van der Waals surface area contributed by atoms with Gasteiger partial charge < -0.3 is 15.2 Å². The van der Waals surface area contributed by atoms with Crippen LogP contribution in [0.3, 0.4) is 0 Å². The van der Waals surface area contributed by atoms with Crippen molar-refractivity contribution in [1.82, 2.24) is 10.2 Å². The van der Waals surface area contributed by atoms with Gasteiger partial charge in [-0.25, -0.2) is 0 Å². The first-order chi connectivity index (χ1) is 6.72. The molecule has 0 aromatic rings. The second kappa shape index (κ2) is 6.35. The van der Waals surface area contributed by atoms with Gasteiger partial charge in [-0.05, 0) is 20.4 Å². The number of ether oxygens (including phenoxy) is 1. The molecule has 0 spiro atoms. The van der Waals surface area contributed by atoms with Crippen molar-refractivity contribution in [1.29, 1.82) is 0 Å². The zero-order valence-electron chi connectivity index (χ0n) is 9.20. The van der Waals surface area contributed by atoms with Crippen LogP contribution in [0.2, 0.25) is 0 Å². The van der Waals surface area contributed by atoms with E-state index in [9.17, 15) is 5.11 Å². The summed E-state index contributed by atoms with van der Waals surface area (Å²) in [6.45, 7) is 6.30. The lowest BCUT2D eigenvalue weighted by molar-refractivity contribution is 0.0566. The highest BCUT2D eigenvalue weighted by molar-refractivity contribution is 4.71. The molecule has 4 heteroatoms. The van der Waals surface area contributed by atoms with Crippen molar-refractivity contribution in [3.8, 4) is 0 Å². The van der Waals surface area contributed by atoms with E-state index in [1.165, 1.54) is 0 Å². The summed E-state index contributed by atoms with van der Waals surface area (Å²) in [7, 11) is 1.86. The summed E-state index contributed by atoms with van der Waals surface area (Å²) in [4.78, 5) is 2.28. The molecule has 1 heterocycles. The van der Waals surface area contributed by atoms with Gasteiger partial charge in [-0.2, -0.15) is 0 Å². The second-order valence-electron chi connectivity index (χ2n) is 4.01. The van der Waals surface area contributed by atoms with Crippen LogP contribution in [0, 0.1) is 0 Å². The first-order valence-electron chi connectivity index (χ1n) is 5.39. The molecule has 4 nitrogen and oxygen atoms in total. The number of likely N-dealkylation sites (N-methyl/N-ethyl adjacent to an activating group) is 1. The number of hydrogen-bond acceptors (Lipinski definition) is 4. The Bertz CT molecular complexity index is 155. The Balaban J connectivity index is 2.27. The maximum atomic E-state index is 9.63. The minimum atomic E-state index is -0.273. The molecule has 0 bridgehead atoms. The Morgan fingerprint density at radius 3 is 3.14 bits per heavy atom. The summed E-state index contributed by atoms with van der Waals surface area (Å²) in [6, 6.07) is 0. The topological polar surface area (TPSA) is 44.7 Å². The van der Waals surface area contributed by atoms with E-state index in [4.69, 9.17) is 4.74 Å². The molecule has 0 aromatic carbocycles. The first kappa shape index (κ1) is 11.9. The number of aliphatic hydroxyl groups excluding tert-OH is 1. The standard InChI is InChI=1S/C10H22N2O2/c1-9-7-12(4-3-5-14-9)8-10(13)6-11-2/h9-11,13H,3-8H2,1-2H3. The SMILES string of the molecule is CNCC(O)CN1CCCOC(C)C1. The van der Waals surface area contributed by atoms with Gasteiger partial charge in [0.05, 0.1) is 12.2 Å². The largest absolute Gasteiger partial charge is 0.390 e. The lowest BCUT2D eigenvalue weighted by Crippen LogP contribution is -2.40. The van der Waals surface area contributed by atoms with Crippen molar-refractivity contribution in [2.45, 2.75) is 25.6 Å². The first-order valence-corrected chi connectivity index (χ1v) is 5.39. The molecule has 0 radical (unpaired) electrons. The molecular formula is C10H22N2O2. The predicted octanol–water partition coefficient (Wildman–Crippen LogP) is -0.323. The molecule has 0 aromatic heterocycles. The molecule has 2 atom stereocenters. The predicted molar refractivity (Wildman–Crippen MR) is 56.4 cm³/mol. The number of β-amino-alcohol motifs (C(OH)–C–C–N with tert-alkyl or cyclic N) is 1. The summed E-state index contributed by atoms with van der Waals surface area (Å²) in [5, 5.41) is 12.6. The molecule has 0 aliphatic carbocycles. The number of rotatable bonds is 4. The van der Waals surface area contributed by atoms with Crippen LogP contribution in [0.4, 0.5) is 0 Å². The van der Waals surface area contributed by atoms with Crippen LogP contribution >= 0.6 is 0 Å². The third kappa shape index (κ3) is 4.37. The molecule has 1 aliphatic heterocycles. The fourth-order valence-electron chi connectivity index (χ4n) is 1.84. The number of nitrogens with one attached hydrogen (secondary N) is 1. The van der Waals surface area contributed by atoms with E-state index >= 15 is 0 Å². The zero-order chi connectivity index (χ0) is 10.4. The third-order valence-corrected chi connectivity index (χ3v) is 2.45. The number of nitrogens with zero attached hydrogens (tertiary/aromatic N) is 1. The molecule has 2 unspecified atom stereocenters. The van der Waals surface area contributed by atoms with E-state index in [1.54, 1.807) is 0 Å². The van der Waals surface area contributed by atoms with E-state index in [1.807, 2.05) is 7.05 Å². The van der Waals surface area contributed by atoms with E-state index in [-0.39, 0.29) is 6.10 Å². The lowest BCUT2D eigenvalue weighted by Gasteiger charge is -2.24. The summed E-state index contributed by atoms with van der Waals surface area (Å²) in [5.41, 5.74) is 0. The molecule has 1 aliphatic rings. The van der Waals surface area contributed by atoms with Crippen molar-refractivity contribution >= 4 is 0 Å². The van der Waals surface area contributed by atoms with Crippen LogP contribution in [-0.4, -0.2) is 62.0 Å². The van der Waals surface area contributed by atoms with Crippen molar-refractivity contribution in [3.63, 3.8) is 0 Å². The van der Waals surface area contributed by atoms with Gasteiger partial charge in [-0.3, -0.25) is 4.90 Å². The molecular weight excluding hydrogens is 180 g/mol. The van der Waals surface area contributed by atoms with Gasteiger partial charge in [-0.1, -0.05) is 0 Å². The number of hydrogen-bond donors (Lipinski definition) is 2. The molecule has 14 heavy (non-hydrogen) atoms. The Hall–Kier alpha value is -0.160. The fourth-order valence-corrected chi connectivity index (χ4v) is 1.84. The normalized spacial score (nSPS) is 27.2. The van der Waals surface area contributed by atoms with Crippen LogP contribution in [0.25, 0.3) is 0 Å². The summed E-state index contributed by atoms with van der Waals surface area (Å²) < 4.78 is 5.54. The molecule has 84 valence electrons. The Labute approximate surface area is 86.2 Å². The molecule has 0 amide bonds. The van der Waals surface area contributed by atoms with Gasteiger partial charge in [0, 0.05) is 32.8 Å². The van der Waals surface area contributed by atoms with Gasteiger partial charge in [0.2, 0.25) is 0 Å². The molecule has 1 rings (SSSR count). The average Bonchev–Trinajstić information content (AvgIpc) is 2.30. The van der Waals surface area contributed by atoms with Gasteiger partial charge in [-0.15, -0.1) is 0 Å². The summed E-state index contributed by atoms with van der Waals surface area (Å²) in [5.74, 6) is 0. The van der Waals surface area contributed by atoms with Gasteiger partial charge in [0.15, 0.2) is 0 Å². The van der Waals surface area contributed by atoms with Crippen LogP contribution in [0.15, 0.2) is 0 Å². The van der Waals surface area contributed by atoms with Gasteiger partial charge in [0.25, 0.3) is 0 Å². The van der Waals surface area contributed by atoms with E-state index in [0.717, 1.165) is 32.7 Å². The number of aliphatic hydroxyl groups is 1. The van der Waals surface area contributed by atoms with E-state index < -0.39 is 0 Å². The lowest BCUT2D eigenvalue weighted by atomic mass is 10.3. The van der Waals surface area contributed by atoms with Crippen molar-refractivity contribution in [2.24, 2.45) is 0 Å². The highest BCUT2D eigenvalue weighted by Crippen LogP contribution is 2.05. The average molecular weight is 202 g/mol. The van der Waals surface area contributed by atoms with E-state index in [0.29, 0.717) is 12.6 Å². The van der Waals surface area contributed by atoms with Crippen LogP contribution in [-0.2, 0) is 4.74 Å². The minimum absolute atomic E-state index is 0.273. The molecule has 1 saturated heterocycles. The van der Waals surface area contributed by atoms with Gasteiger partial charge in [0.1, 0.15) is 0 Å². The Kier molecular flexibility index (Phi) is 5.40. The molecule has 0 saturated carbocycles. The second-order valence-corrected chi connectivity index (χ2v) is 4.01. The molecule has 2 N–H and O–H groups in total. The summed E-state index contributed by atoms with van der Waals surface area (Å²) >= 11 is 0. The monoisotopic (exact) mass is 202 g/mol. The van der Waals surface area contributed by atoms with Crippen molar-refractivity contribution in [3.05, 3.63) is 0 Å². The van der Waals surface area contributed by atoms with E-state index in [2.05, 4.69) is 17.1 Å². The highest BCUT2D eigenvalue weighted by Gasteiger charge is 2.17. The van der Waals surface area contributed by atoms with Crippen LogP contribution < -0.4 is 5.32 Å². The molecule has 1 fully saturated rings. The smallest absolute Gasteiger partial charge is 0.0791 e. The van der Waals surface area contributed by atoms with Crippen molar-refractivity contribution in [2.75, 3.05) is 39.8 Å². The highest BCUT2D eigenvalue weighted by atomic mass is 16.5. The fraction of sp³-hybridized carbons (Fsp3) is 1.00. The van der Waals surface area contributed by atoms with Gasteiger partial charge >= 0.3 is 0 Å². The third-order valence-electron chi connectivity index (χ3n) is 2.45. The summed E-state index contributed by atoms with van der Waals surface area (Å²) in [6.07, 6.45) is 1.08. The zero-order valence-corrected chi connectivity index (χ0v) is 9.20. The maximum absolute atomic E-state index is 9.63. The van der Waals surface area contributed by atoms with Crippen LogP contribution in [0.1, 0.15) is 13.3 Å². The Morgan fingerprint density at radius 2 is 2.43 bits per heavy atom. The quantitative estimate of drug-likeness (QED) is 0.656.